The van der Waals surface area contributed by atoms with Crippen molar-refractivity contribution in [3.8, 4) is 0 Å². The number of hydrogen-bond donors (Lipinski definition) is 1. The van der Waals surface area contributed by atoms with E-state index in [9.17, 15) is 0 Å². The zero-order chi connectivity index (χ0) is 13.2. The lowest BCUT2D eigenvalue weighted by atomic mass is 9.76. The molecular weight excluding hydrogens is 230 g/mol. The van der Waals surface area contributed by atoms with Crippen LogP contribution in [0.25, 0.3) is 0 Å². The molecule has 0 amide bonds. The number of benzene rings is 1. The van der Waals surface area contributed by atoms with E-state index in [0.29, 0.717) is 5.92 Å². The minimum Gasteiger partial charge on any atom is -0.324 e. The molecule has 1 atom stereocenters. The van der Waals surface area contributed by atoms with Crippen molar-refractivity contribution in [3.63, 3.8) is 0 Å². The van der Waals surface area contributed by atoms with Gasteiger partial charge in [-0.25, -0.2) is 0 Å². The number of fused-ring (bicyclic) bond motifs is 1. The van der Waals surface area contributed by atoms with Gasteiger partial charge in [-0.2, -0.15) is 0 Å². The Kier molecular flexibility index (Phi) is 3.93. The SMILES string of the molecule is CCC1CCC(C(N)c2ccc3c(c2)CCC3)CC1. The standard InChI is InChI=1S/C18H27N/c1-2-13-6-8-15(9-7-13)18(19)17-11-10-14-4-3-5-16(14)12-17/h10-13,15,18H,2-9,19H2,1H3. The molecule has 0 radical (unpaired) electrons. The van der Waals surface area contributed by atoms with Gasteiger partial charge < -0.3 is 5.73 Å². The lowest BCUT2D eigenvalue weighted by Gasteiger charge is -2.32. The molecule has 0 spiro atoms. The molecule has 1 aromatic rings. The van der Waals surface area contributed by atoms with Crippen LogP contribution in [0.3, 0.4) is 0 Å². The van der Waals surface area contributed by atoms with Gasteiger partial charge in [0.2, 0.25) is 0 Å². The first-order chi connectivity index (χ1) is 9.28. The molecular formula is C18H27N. The third-order valence-electron chi connectivity index (χ3n) is 5.48. The normalized spacial score (nSPS) is 28.1. The summed E-state index contributed by atoms with van der Waals surface area (Å²) in [5.74, 6) is 1.67. The molecule has 2 N–H and O–H groups in total. The molecule has 0 saturated heterocycles. The fourth-order valence-corrected chi connectivity index (χ4v) is 4.03. The second-order valence-electron chi connectivity index (χ2n) is 6.60. The molecule has 1 aromatic carbocycles. The van der Waals surface area contributed by atoms with E-state index in [1.165, 1.54) is 56.9 Å². The fraction of sp³-hybridized carbons (Fsp3) is 0.667. The molecule has 0 heterocycles. The fourth-order valence-electron chi connectivity index (χ4n) is 4.03. The van der Waals surface area contributed by atoms with E-state index in [1.807, 2.05) is 0 Å². The predicted molar refractivity (Wildman–Crippen MR) is 81.1 cm³/mol. The third-order valence-corrected chi connectivity index (χ3v) is 5.48. The third kappa shape index (κ3) is 2.72. The molecule has 1 fully saturated rings. The second kappa shape index (κ2) is 5.66. The lowest BCUT2D eigenvalue weighted by Crippen LogP contribution is -2.26. The Labute approximate surface area is 117 Å². The first kappa shape index (κ1) is 13.2. The van der Waals surface area contributed by atoms with Gasteiger partial charge in [0.05, 0.1) is 0 Å². The Morgan fingerprint density at radius 3 is 2.58 bits per heavy atom. The van der Waals surface area contributed by atoms with Crippen molar-refractivity contribution in [3.05, 3.63) is 34.9 Å². The van der Waals surface area contributed by atoms with Crippen LogP contribution < -0.4 is 5.73 Å². The van der Waals surface area contributed by atoms with Crippen molar-refractivity contribution in [2.24, 2.45) is 17.6 Å². The Morgan fingerprint density at radius 2 is 1.84 bits per heavy atom. The highest BCUT2D eigenvalue weighted by atomic mass is 14.7. The van der Waals surface area contributed by atoms with Crippen molar-refractivity contribution in [2.75, 3.05) is 0 Å². The van der Waals surface area contributed by atoms with E-state index >= 15 is 0 Å². The van der Waals surface area contributed by atoms with E-state index < -0.39 is 0 Å². The highest BCUT2D eigenvalue weighted by molar-refractivity contribution is 5.36. The van der Waals surface area contributed by atoms with Crippen LogP contribution in [0.2, 0.25) is 0 Å². The number of rotatable bonds is 3. The van der Waals surface area contributed by atoms with Gasteiger partial charge >= 0.3 is 0 Å². The van der Waals surface area contributed by atoms with Crippen LogP contribution in [0, 0.1) is 11.8 Å². The predicted octanol–water partition coefficient (Wildman–Crippen LogP) is 4.39. The molecule has 0 aliphatic heterocycles. The van der Waals surface area contributed by atoms with Crippen LogP contribution in [0.1, 0.15) is 68.2 Å². The molecule has 1 saturated carbocycles. The summed E-state index contributed by atoms with van der Waals surface area (Å²) in [5.41, 5.74) is 11.1. The maximum Gasteiger partial charge on any atom is 0.0323 e. The minimum atomic E-state index is 0.267. The van der Waals surface area contributed by atoms with E-state index in [2.05, 4.69) is 25.1 Å². The smallest absolute Gasteiger partial charge is 0.0323 e. The van der Waals surface area contributed by atoms with Crippen LogP contribution in [-0.2, 0) is 12.8 Å². The number of hydrogen-bond acceptors (Lipinski definition) is 1. The van der Waals surface area contributed by atoms with Gasteiger partial charge in [-0.15, -0.1) is 0 Å². The van der Waals surface area contributed by atoms with E-state index in [4.69, 9.17) is 5.73 Å². The molecule has 19 heavy (non-hydrogen) atoms. The van der Waals surface area contributed by atoms with Gasteiger partial charge in [-0.1, -0.05) is 44.4 Å². The molecule has 1 nitrogen and oxygen atoms in total. The van der Waals surface area contributed by atoms with Crippen LogP contribution in [0.4, 0.5) is 0 Å². The van der Waals surface area contributed by atoms with Crippen LogP contribution in [-0.4, -0.2) is 0 Å². The summed E-state index contributed by atoms with van der Waals surface area (Å²) < 4.78 is 0. The summed E-state index contributed by atoms with van der Waals surface area (Å²) in [6.45, 7) is 2.32. The van der Waals surface area contributed by atoms with Gasteiger partial charge in [0, 0.05) is 6.04 Å². The maximum atomic E-state index is 6.55. The lowest BCUT2D eigenvalue weighted by molar-refractivity contribution is 0.240. The molecule has 1 unspecified atom stereocenters. The molecule has 104 valence electrons. The first-order valence-corrected chi connectivity index (χ1v) is 8.15. The van der Waals surface area contributed by atoms with Crippen molar-refractivity contribution >= 4 is 0 Å². The topological polar surface area (TPSA) is 26.0 Å². The zero-order valence-corrected chi connectivity index (χ0v) is 12.2. The monoisotopic (exact) mass is 257 g/mol. The summed E-state index contributed by atoms with van der Waals surface area (Å²) >= 11 is 0. The molecule has 2 aliphatic carbocycles. The summed E-state index contributed by atoms with van der Waals surface area (Å²) in [7, 11) is 0. The van der Waals surface area contributed by atoms with Crippen LogP contribution in [0.5, 0.6) is 0 Å². The average molecular weight is 257 g/mol. The molecule has 0 bridgehead atoms. The van der Waals surface area contributed by atoms with Gasteiger partial charge in [-0.05, 0) is 60.6 Å². The number of nitrogens with two attached hydrogens (primary N) is 1. The van der Waals surface area contributed by atoms with Crippen LogP contribution >= 0.6 is 0 Å². The molecule has 3 rings (SSSR count). The largest absolute Gasteiger partial charge is 0.324 e. The summed E-state index contributed by atoms with van der Waals surface area (Å²) in [6.07, 6.45) is 10.6. The Bertz CT molecular complexity index is 429. The second-order valence-corrected chi connectivity index (χ2v) is 6.60. The summed E-state index contributed by atoms with van der Waals surface area (Å²) in [5, 5.41) is 0. The Hall–Kier alpha value is -0.820. The minimum absolute atomic E-state index is 0.267. The zero-order valence-electron chi connectivity index (χ0n) is 12.2. The highest BCUT2D eigenvalue weighted by Crippen LogP contribution is 2.37. The Morgan fingerprint density at radius 1 is 1.11 bits per heavy atom. The first-order valence-electron chi connectivity index (χ1n) is 8.15. The molecule has 1 heteroatoms. The van der Waals surface area contributed by atoms with Gasteiger partial charge in [-0.3, -0.25) is 0 Å². The summed E-state index contributed by atoms with van der Waals surface area (Å²) in [4.78, 5) is 0. The maximum absolute atomic E-state index is 6.55. The highest BCUT2D eigenvalue weighted by Gasteiger charge is 2.26. The van der Waals surface area contributed by atoms with Gasteiger partial charge in [0.15, 0.2) is 0 Å². The molecule has 0 aromatic heterocycles. The van der Waals surface area contributed by atoms with Gasteiger partial charge in [0.25, 0.3) is 0 Å². The van der Waals surface area contributed by atoms with Crippen LogP contribution in [0.15, 0.2) is 18.2 Å². The molecule has 2 aliphatic rings. The van der Waals surface area contributed by atoms with Crippen molar-refractivity contribution < 1.29 is 0 Å². The van der Waals surface area contributed by atoms with Crippen molar-refractivity contribution in [1.29, 1.82) is 0 Å². The average Bonchev–Trinajstić information content (AvgIpc) is 2.94. The van der Waals surface area contributed by atoms with E-state index in [-0.39, 0.29) is 6.04 Å². The van der Waals surface area contributed by atoms with Gasteiger partial charge in [0.1, 0.15) is 0 Å². The van der Waals surface area contributed by atoms with E-state index in [0.717, 1.165) is 5.92 Å². The van der Waals surface area contributed by atoms with Crippen molar-refractivity contribution in [2.45, 2.75) is 64.3 Å². The quantitative estimate of drug-likeness (QED) is 0.853. The number of aryl methyl sites for hydroxylation is 2. The summed E-state index contributed by atoms with van der Waals surface area (Å²) in [6, 6.07) is 7.29. The van der Waals surface area contributed by atoms with Crippen molar-refractivity contribution in [1.82, 2.24) is 0 Å². The van der Waals surface area contributed by atoms with E-state index in [1.54, 1.807) is 11.1 Å². The Balaban J connectivity index is 1.68.